The first kappa shape index (κ1) is 23.2. The summed E-state index contributed by atoms with van der Waals surface area (Å²) in [7, 11) is 1.56. The number of aromatic nitrogens is 1. The summed E-state index contributed by atoms with van der Waals surface area (Å²) in [6.07, 6.45) is 5.04. The zero-order valence-corrected chi connectivity index (χ0v) is 18.2. The highest BCUT2D eigenvalue weighted by molar-refractivity contribution is 5.90. The molecule has 170 valence electrons. The van der Waals surface area contributed by atoms with Gasteiger partial charge in [0, 0.05) is 30.6 Å². The summed E-state index contributed by atoms with van der Waals surface area (Å²) >= 11 is 0. The molecule has 0 aliphatic heterocycles. The van der Waals surface area contributed by atoms with Gasteiger partial charge < -0.3 is 20.1 Å². The maximum absolute atomic E-state index is 12.9. The average Bonchev–Trinajstić information content (AvgIpc) is 3.31. The van der Waals surface area contributed by atoms with Gasteiger partial charge in [-0.25, -0.2) is 4.98 Å². The number of esters is 1. The fourth-order valence-electron chi connectivity index (χ4n) is 3.62. The van der Waals surface area contributed by atoms with Gasteiger partial charge in [-0.15, -0.1) is 0 Å². The molecule has 2 amide bonds. The largest absolute Gasteiger partial charge is 0.497 e. The standard InChI is InChI=1S/C24H29N3O5/c1-31-19-14-12-17(13-15-19)23(24(30)26-18-7-2-3-8-18)32-22(29)11-6-10-21(28)27-20-9-4-5-16-25-20/h4-5,9,12-16,18,23H,2-3,6-8,10-11H2,1H3,(H,26,30)(H,25,27,28). The number of nitrogens with zero attached hydrogens (tertiary/aromatic N) is 1. The minimum atomic E-state index is -1.05. The fraction of sp³-hybridized carbons (Fsp3) is 0.417. The van der Waals surface area contributed by atoms with Crippen LogP contribution in [-0.4, -0.2) is 35.9 Å². The summed E-state index contributed by atoms with van der Waals surface area (Å²) in [5.41, 5.74) is 0.572. The third kappa shape index (κ3) is 7.08. The van der Waals surface area contributed by atoms with E-state index in [0.717, 1.165) is 25.7 Å². The molecule has 0 spiro atoms. The van der Waals surface area contributed by atoms with Gasteiger partial charge in [0.25, 0.3) is 5.91 Å². The summed E-state index contributed by atoms with van der Waals surface area (Å²) in [5.74, 6) is 0.0145. The zero-order chi connectivity index (χ0) is 22.8. The molecule has 3 rings (SSSR count). The summed E-state index contributed by atoms with van der Waals surface area (Å²) in [6, 6.07) is 12.2. The molecule has 1 heterocycles. The highest BCUT2D eigenvalue weighted by atomic mass is 16.5. The summed E-state index contributed by atoms with van der Waals surface area (Å²) in [4.78, 5) is 41.4. The topological polar surface area (TPSA) is 107 Å². The lowest BCUT2D eigenvalue weighted by atomic mass is 10.1. The normalized spacial score (nSPS) is 14.4. The van der Waals surface area contributed by atoms with Crippen LogP contribution in [0.4, 0.5) is 5.82 Å². The number of pyridine rings is 1. The second kappa shape index (κ2) is 11.8. The number of amides is 2. The molecular formula is C24H29N3O5. The monoisotopic (exact) mass is 439 g/mol. The Labute approximate surface area is 187 Å². The predicted molar refractivity (Wildman–Crippen MR) is 119 cm³/mol. The van der Waals surface area contributed by atoms with Crippen LogP contribution in [0.1, 0.15) is 56.6 Å². The van der Waals surface area contributed by atoms with Gasteiger partial charge in [-0.05, 0) is 43.5 Å². The minimum Gasteiger partial charge on any atom is -0.497 e. The van der Waals surface area contributed by atoms with Crippen LogP contribution in [0.25, 0.3) is 0 Å². The van der Waals surface area contributed by atoms with E-state index in [1.165, 1.54) is 0 Å². The molecule has 1 atom stereocenters. The molecule has 2 aromatic rings. The Balaban J connectivity index is 1.54. The molecular weight excluding hydrogens is 410 g/mol. The molecule has 8 nitrogen and oxygen atoms in total. The molecule has 2 N–H and O–H groups in total. The first-order valence-electron chi connectivity index (χ1n) is 10.9. The van der Waals surface area contributed by atoms with Gasteiger partial charge in [0.15, 0.2) is 0 Å². The molecule has 1 aliphatic rings. The van der Waals surface area contributed by atoms with Crippen molar-refractivity contribution in [1.29, 1.82) is 0 Å². The number of methoxy groups -OCH3 is 1. The number of hydrogen-bond acceptors (Lipinski definition) is 6. The van der Waals surface area contributed by atoms with Crippen molar-refractivity contribution in [2.24, 2.45) is 0 Å². The van der Waals surface area contributed by atoms with Gasteiger partial charge in [0.2, 0.25) is 12.0 Å². The zero-order valence-electron chi connectivity index (χ0n) is 18.2. The van der Waals surface area contributed by atoms with Gasteiger partial charge in [-0.1, -0.05) is 31.0 Å². The molecule has 1 aromatic carbocycles. The molecule has 32 heavy (non-hydrogen) atoms. The van der Waals surface area contributed by atoms with Crippen LogP contribution in [0.2, 0.25) is 0 Å². The van der Waals surface area contributed by atoms with E-state index in [2.05, 4.69) is 15.6 Å². The third-order valence-electron chi connectivity index (χ3n) is 5.32. The maximum atomic E-state index is 12.9. The number of benzene rings is 1. The third-order valence-corrected chi connectivity index (χ3v) is 5.32. The Morgan fingerprint density at radius 3 is 2.47 bits per heavy atom. The molecule has 8 heteroatoms. The van der Waals surface area contributed by atoms with E-state index in [-0.39, 0.29) is 30.7 Å². The lowest BCUT2D eigenvalue weighted by molar-refractivity contribution is -0.156. The second-order valence-corrected chi connectivity index (χ2v) is 7.75. The van der Waals surface area contributed by atoms with Crippen LogP contribution < -0.4 is 15.4 Å². The van der Waals surface area contributed by atoms with Crippen LogP contribution in [-0.2, 0) is 19.1 Å². The number of nitrogens with one attached hydrogen (secondary N) is 2. The van der Waals surface area contributed by atoms with Crippen molar-refractivity contribution in [3.05, 3.63) is 54.2 Å². The molecule has 1 aromatic heterocycles. The van der Waals surface area contributed by atoms with E-state index < -0.39 is 12.1 Å². The molecule has 0 saturated heterocycles. The summed E-state index contributed by atoms with van der Waals surface area (Å²) in [5, 5.41) is 5.67. The minimum absolute atomic E-state index is 0.0268. The number of anilines is 1. The lowest BCUT2D eigenvalue weighted by Gasteiger charge is -2.21. The predicted octanol–water partition coefficient (Wildman–Crippen LogP) is 3.54. The van der Waals surface area contributed by atoms with Crippen LogP contribution in [0.3, 0.4) is 0 Å². The Morgan fingerprint density at radius 2 is 1.81 bits per heavy atom. The lowest BCUT2D eigenvalue weighted by Crippen LogP contribution is -2.38. The van der Waals surface area contributed by atoms with Crippen LogP contribution in [0, 0.1) is 0 Å². The van der Waals surface area contributed by atoms with Gasteiger partial charge in [0.1, 0.15) is 11.6 Å². The van der Waals surface area contributed by atoms with Gasteiger partial charge in [-0.2, -0.15) is 0 Å². The number of rotatable bonds is 10. The van der Waals surface area contributed by atoms with Crippen LogP contribution >= 0.6 is 0 Å². The van der Waals surface area contributed by atoms with Crippen molar-refractivity contribution in [2.75, 3.05) is 12.4 Å². The van der Waals surface area contributed by atoms with Gasteiger partial charge in [0.05, 0.1) is 7.11 Å². The van der Waals surface area contributed by atoms with E-state index in [9.17, 15) is 14.4 Å². The van der Waals surface area contributed by atoms with Crippen molar-refractivity contribution in [3.63, 3.8) is 0 Å². The van der Waals surface area contributed by atoms with Gasteiger partial charge in [-0.3, -0.25) is 14.4 Å². The smallest absolute Gasteiger partial charge is 0.306 e. The van der Waals surface area contributed by atoms with Crippen LogP contribution in [0.5, 0.6) is 5.75 Å². The molecule has 1 unspecified atom stereocenters. The molecule has 1 aliphatic carbocycles. The first-order valence-corrected chi connectivity index (χ1v) is 10.9. The Kier molecular flexibility index (Phi) is 8.60. The molecule has 0 radical (unpaired) electrons. The summed E-state index contributed by atoms with van der Waals surface area (Å²) in [6.45, 7) is 0. The number of ether oxygens (including phenoxy) is 2. The fourth-order valence-corrected chi connectivity index (χ4v) is 3.62. The maximum Gasteiger partial charge on any atom is 0.306 e. The summed E-state index contributed by atoms with van der Waals surface area (Å²) < 4.78 is 10.7. The Hall–Kier alpha value is -3.42. The van der Waals surface area contributed by atoms with Crippen molar-refractivity contribution < 1.29 is 23.9 Å². The van der Waals surface area contributed by atoms with E-state index in [1.54, 1.807) is 55.8 Å². The van der Waals surface area contributed by atoms with Crippen molar-refractivity contribution in [2.45, 2.75) is 57.1 Å². The Bertz CT molecular complexity index is 896. The van der Waals surface area contributed by atoms with Crippen LogP contribution in [0.15, 0.2) is 48.7 Å². The first-order chi connectivity index (χ1) is 15.5. The highest BCUT2D eigenvalue weighted by Crippen LogP contribution is 2.24. The highest BCUT2D eigenvalue weighted by Gasteiger charge is 2.28. The average molecular weight is 440 g/mol. The number of carbonyl (C=O) groups is 3. The number of hydrogen-bond donors (Lipinski definition) is 2. The van der Waals surface area contributed by atoms with Crippen molar-refractivity contribution in [3.8, 4) is 5.75 Å². The molecule has 0 bridgehead atoms. The van der Waals surface area contributed by atoms with Crippen molar-refractivity contribution in [1.82, 2.24) is 10.3 Å². The SMILES string of the molecule is COc1ccc(C(OC(=O)CCCC(=O)Nc2ccccn2)C(=O)NC2CCCC2)cc1. The number of carbonyl (C=O) groups excluding carboxylic acids is 3. The van der Waals surface area contributed by atoms with Crippen molar-refractivity contribution >= 4 is 23.6 Å². The Morgan fingerprint density at radius 1 is 1.06 bits per heavy atom. The molecule has 1 fully saturated rings. The van der Waals surface area contributed by atoms with E-state index in [0.29, 0.717) is 23.6 Å². The van der Waals surface area contributed by atoms with E-state index >= 15 is 0 Å². The molecule has 1 saturated carbocycles. The van der Waals surface area contributed by atoms with E-state index in [4.69, 9.17) is 9.47 Å². The quantitative estimate of drug-likeness (QED) is 0.549. The second-order valence-electron chi connectivity index (χ2n) is 7.75. The van der Waals surface area contributed by atoms with Gasteiger partial charge >= 0.3 is 5.97 Å². The van der Waals surface area contributed by atoms with E-state index in [1.807, 2.05) is 0 Å².